The van der Waals surface area contributed by atoms with Crippen molar-refractivity contribution in [1.82, 2.24) is 10.3 Å². The van der Waals surface area contributed by atoms with E-state index in [1.54, 1.807) is 29.2 Å². The first-order valence-corrected chi connectivity index (χ1v) is 9.42. The van der Waals surface area contributed by atoms with Gasteiger partial charge in [0.25, 0.3) is 5.91 Å². The maximum absolute atomic E-state index is 12.8. The molecular weight excluding hydrogens is 391 g/mol. The molecule has 0 bridgehead atoms. The highest BCUT2D eigenvalue weighted by atomic mass is 19.1. The number of benzene rings is 2. The number of anilines is 1. The van der Waals surface area contributed by atoms with Crippen LogP contribution in [0.5, 0.6) is 5.75 Å². The van der Waals surface area contributed by atoms with Gasteiger partial charge < -0.3 is 15.0 Å². The Balaban J connectivity index is 1.42. The number of carbonyl (C=O) groups is 3. The minimum absolute atomic E-state index is 0.00728. The molecule has 1 fully saturated rings. The van der Waals surface area contributed by atoms with Gasteiger partial charge in [0.1, 0.15) is 11.6 Å². The molecule has 9 heteroatoms. The molecule has 1 heterocycles. The summed E-state index contributed by atoms with van der Waals surface area (Å²) in [7, 11) is 0. The van der Waals surface area contributed by atoms with Crippen LogP contribution in [0.25, 0.3) is 0 Å². The summed E-state index contributed by atoms with van der Waals surface area (Å²) in [4.78, 5) is 37.3. The number of ether oxygens (including phenoxy) is 1. The lowest BCUT2D eigenvalue weighted by Crippen LogP contribution is -2.32. The minimum atomic E-state index is -0.962. The number of likely N-dealkylation sites (tertiary alicyclic amines) is 1. The van der Waals surface area contributed by atoms with E-state index in [2.05, 4.69) is 15.8 Å². The van der Waals surface area contributed by atoms with Crippen molar-refractivity contribution in [3.8, 4) is 5.75 Å². The molecule has 0 aliphatic carbocycles. The van der Waals surface area contributed by atoms with Crippen LogP contribution in [0.4, 0.5) is 10.1 Å². The average molecular weight is 412 g/mol. The van der Waals surface area contributed by atoms with Crippen LogP contribution in [0.2, 0.25) is 0 Å². The van der Waals surface area contributed by atoms with Crippen LogP contribution in [0, 0.1) is 5.82 Å². The van der Waals surface area contributed by atoms with E-state index in [1.165, 1.54) is 30.5 Å². The number of hydrogen-bond acceptors (Lipinski definition) is 5. The third-order valence-corrected chi connectivity index (χ3v) is 4.39. The number of nitrogens with one attached hydrogen (secondary N) is 2. The van der Waals surface area contributed by atoms with E-state index in [4.69, 9.17) is 4.74 Å². The Labute approximate surface area is 172 Å². The summed E-state index contributed by atoms with van der Waals surface area (Å²) in [5.74, 6) is -1.82. The summed E-state index contributed by atoms with van der Waals surface area (Å²) in [5, 5.41) is 6.06. The lowest BCUT2D eigenvalue weighted by molar-refractivity contribution is -0.136. The fourth-order valence-corrected chi connectivity index (χ4v) is 2.79. The van der Waals surface area contributed by atoms with Gasteiger partial charge in [-0.15, -0.1) is 0 Å². The molecule has 0 aromatic heterocycles. The third kappa shape index (κ3) is 6.13. The normalized spacial score (nSPS) is 13.3. The number of hydrazone groups is 1. The first-order chi connectivity index (χ1) is 14.5. The molecule has 3 rings (SSSR count). The Morgan fingerprint density at radius 2 is 1.67 bits per heavy atom. The van der Waals surface area contributed by atoms with Crippen molar-refractivity contribution >= 4 is 29.6 Å². The van der Waals surface area contributed by atoms with E-state index in [1.807, 2.05) is 0 Å². The number of halogens is 1. The highest BCUT2D eigenvalue weighted by Crippen LogP contribution is 2.13. The van der Waals surface area contributed by atoms with Crippen LogP contribution in [0.15, 0.2) is 53.6 Å². The molecular formula is C21H21FN4O4. The zero-order valence-electron chi connectivity index (χ0n) is 16.1. The summed E-state index contributed by atoms with van der Waals surface area (Å²) < 4.78 is 18.3. The Hall–Kier alpha value is -3.75. The van der Waals surface area contributed by atoms with Crippen molar-refractivity contribution in [3.05, 3.63) is 59.9 Å². The van der Waals surface area contributed by atoms with Gasteiger partial charge in [-0.05, 0) is 66.9 Å². The summed E-state index contributed by atoms with van der Waals surface area (Å²) in [6.07, 6.45) is 3.43. The van der Waals surface area contributed by atoms with Gasteiger partial charge in [-0.2, -0.15) is 5.10 Å². The van der Waals surface area contributed by atoms with E-state index in [-0.39, 0.29) is 12.5 Å². The van der Waals surface area contributed by atoms with E-state index in [0.717, 1.165) is 25.9 Å². The standard InChI is InChI=1S/C21H21FN4O4/c22-16-5-7-17(8-6-16)24-20(28)21(29)25-23-13-15-3-9-18(10-4-15)30-14-19(27)26-11-1-2-12-26/h3-10,13H,1-2,11-12,14H2,(H,24,28)(H,25,29)/b23-13-. The van der Waals surface area contributed by atoms with Crippen LogP contribution < -0.4 is 15.5 Å². The SMILES string of the molecule is O=C(N/N=C\c1ccc(OCC(=O)N2CCCC2)cc1)C(=O)Nc1ccc(F)cc1. The molecule has 0 unspecified atom stereocenters. The molecule has 0 spiro atoms. The predicted octanol–water partition coefficient (Wildman–Crippen LogP) is 1.92. The van der Waals surface area contributed by atoms with Gasteiger partial charge in [0, 0.05) is 18.8 Å². The Morgan fingerprint density at radius 1 is 1.00 bits per heavy atom. The van der Waals surface area contributed by atoms with E-state index in [0.29, 0.717) is 17.0 Å². The maximum Gasteiger partial charge on any atom is 0.329 e. The molecule has 0 radical (unpaired) electrons. The predicted molar refractivity (Wildman–Crippen MR) is 109 cm³/mol. The zero-order valence-corrected chi connectivity index (χ0v) is 16.1. The Bertz CT molecular complexity index is 923. The van der Waals surface area contributed by atoms with Gasteiger partial charge in [-0.1, -0.05) is 0 Å². The maximum atomic E-state index is 12.8. The quantitative estimate of drug-likeness (QED) is 0.430. The number of hydrogen-bond donors (Lipinski definition) is 2. The second-order valence-electron chi connectivity index (χ2n) is 6.61. The third-order valence-electron chi connectivity index (χ3n) is 4.39. The molecule has 3 amide bonds. The van der Waals surface area contributed by atoms with Crippen LogP contribution in [-0.4, -0.2) is 48.5 Å². The highest BCUT2D eigenvalue weighted by molar-refractivity contribution is 6.39. The van der Waals surface area contributed by atoms with Crippen LogP contribution in [0.1, 0.15) is 18.4 Å². The molecule has 1 aliphatic rings. The smallest absolute Gasteiger partial charge is 0.329 e. The van der Waals surface area contributed by atoms with Crippen LogP contribution >= 0.6 is 0 Å². The first-order valence-electron chi connectivity index (χ1n) is 9.42. The first kappa shape index (κ1) is 21.0. The van der Waals surface area contributed by atoms with E-state index < -0.39 is 17.6 Å². The molecule has 1 saturated heterocycles. The molecule has 30 heavy (non-hydrogen) atoms. The zero-order chi connectivity index (χ0) is 21.3. The molecule has 1 aliphatic heterocycles. The number of nitrogens with zero attached hydrogens (tertiary/aromatic N) is 2. The van der Waals surface area contributed by atoms with Gasteiger partial charge in [0.15, 0.2) is 6.61 Å². The minimum Gasteiger partial charge on any atom is -0.484 e. The molecule has 2 N–H and O–H groups in total. The fraction of sp³-hybridized carbons (Fsp3) is 0.238. The second-order valence-corrected chi connectivity index (χ2v) is 6.61. The van der Waals surface area contributed by atoms with Gasteiger partial charge in [-0.25, -0.2) is 9.82 Å². The molecule has 0 atom stereocenters. The monoisotopic (exact) mass is 412 g/mol. The van der Waals surface area contributed by atoms with Crippen LogP contribution in [-0.2, 0) is 14.4 Å². The van der Waals surface area contributed by atoms with Crippen molar-refractivity contribution in [3.63, 3.8) is 0 Å². The highest BCUT2D eigenvalue weighted by Gasteiger charge is 2.18. The Kier molecular flexibility index (Phi) is 7.09. The van der Waals surface area contributed by atoms with Gasteiger partial charge in [0.05, 0.1) is 6.21 Å². The lowest BCUT2D eigenvalue weighted by atomic mass is 10.2. The van der Waals surface area contributed by atoms with Crippen LogP contribution in [0.3, 0.4) is 0 Å². The van der Waals surface area contributed by atoms with E-state index >= 15 is 0 Å². The largest absolute Gasteiger partial charge is 0.484 e. The molecule has 0 saturated carbocycles. The summed E-state index contributed by atoms with van der Waals surface area (Å²) in [5.41, 5.74) is 3.06. The van der Waals surface area contributed by atoms with Crippen molar-refractivity contribution < 1.29 is 23.5 Å². The number of amides is 3. The molecule has 8 nitrogen and oxygen atoms in total. The summed E-state index contributed by atoms with van der Waals surface area (Å²) in [6, 6.07) is 11.8. The molecule has 156 valence electrons. The van der Waals surface area contributed by atoms with Gasteiger partial charge in [0.2, 0.25) is 0 Å². The molecule has 2 aromatic rings. The number of rotatable bonds is 6. The summed E-state index contributed by atoms with van der Waals surface area (Å²) >= 11 is 0. The fourth-order valence-electron chi connectivity index (χ4n) is 2.79. The van der Waals surface area contributed by atoms with Gasteiger partial charge >= 0.3 is 11.8 Å². The Morgan fingerprint density at radius 3 is 2.33 bits per heavy atom. The lowest BCUT2D eigenvalue weighted by Gasteiger charge is -2.15. The average Bonchev–Trinajstić information content (AvgIpc) is 3.29. The topological polar surface area (TPSA) is 100 Å². The molecule has 2 aromatic carbocycles. The van der Waals surface area contributed by atoms with Crippen molar-refractivity contribution in [2.24, 2.45) is 5.10 Å². The van der Waals surface area contributed by atoms with Crippen molar-refractivity contribution in [2.45, 2.75) is 12.8 Å². The second kappa shape index (κ2) is 10.1. The van der Waals surface area contributed by atoms with E-state index in [9.17, 15) is 18.8 Å². The van der Waals surface area contributed by atoms with Crippen molar-refractivity contribution in [1.29, 1.82) is 0 Å². The van der Waals surface area contributed by atoms with Crippen molar-refractivity contribution in [2.75, 3.05) is 25.0 Å². The van der Waals surface area contributed by atoms with Gasteiger partial charge in [-0.3, -0.25) is 14.4 Å². The summed E-state index contributed by atoms with van der Waals surface area (Å²) in [6.45, 7) is 1.56. The number of carbonyl (C=O) groups excluding carboxylic acids is 3.